The van der Waals surface area contributed by atoms with Gasteiger partial charge in [-0.2, -0.15) is 0 Å². The average molecular weight is 250 g/mol. The molecule has 1 rings (SSSR count). The Morgan fingerprint density at radius 2 is 1.94 bits per heavy atom. The SMILES string of the molecule is CCC(C)N(C)CCOc1ccc(CCN)cc1. The van der Waals surface area contributed by atoms with Gasteiger partial charge < -0.3 is 15.4 Å². The Morgan fingerprint density at radius 3 is 2.50 bits per heavy atom. The molecular weight excluding hydrogens is 224 g/mol. The molecule has 0 heterocycles. The molecular formula is C15H26N2O. The Kier molecular flexibility index (Phi) is 6.76. The summed E-state index contributed by atoms with van der Waals surface area (Å²) in [5, 5.41) is 0. The molecule has 0 aliphatic heterocycles. The Labute approximate surface area is 111 Å². The highest BCUT2D eigenvalue weighted by atomic mass is 16.5. The van der Waals surface area contributed by atoms with Crippen LogP contribution in [0.1, 0.15) is 25.8 Å². The van der Waals surface area contributed by atoms with Crippen LogP contribution in [0, 0.1) is 0 Å². The maximum Gasteiger partial charge on any atom is 0.119 e. The number of nitrogens with zero attached hydrogens (tertiary/aromatic N) is 1. The molecule has 3 heteroatoms. The first-order valence-electron chi connectivity index (χ1n) is 6.79. The van der Waals surface area contributed by atoms with Crippen LogP contribution in [0.2, 0.25) is 0 Å². The average Bonchev–Trinajstić information content (AvgIpc) is 2.40. The fourth-order valence-electron chi connectivity index (χ4n) is 1.76. The van der Waals surface area contributed by atoms with Gasteiger partial charge in [0.05, 0.1) is 0 Å². The van der Waals surface area contributed by atoms with Crippen LogP contribution in [0.5, 0.6) is 5.75 Å². The number of ether oxygens (including phenoxy) is 1. The summed E-state index contributed by atoms with van der Waals surface area (Å²) in [5.74, 6) is 0.938. The summed E-state index contributed by atoms with van der Waals surface area (Å²) < 4.78 is 5.73. The molecule has 0 saturated heterocycles. The van der Waals surface area contributed by atoms with Crippen LogP contribution in [-0.4, -0.2) is 37.7 Å². The van der Waals surface area contributed by atoms with Gasteiger partial charge in [-0.15, -0.1) is 0 Å². The molecule has 0 aromatic heterocycles. The predicted octanol–water partition coefficient (Wildman–Crippen LogP) is 2.30. The zero-order valence-electron chi connectivity index (χ0n) is 11.9. The van der Waals surface area contributed by atoms with Gasteiger partial charge in [0, 0.05) is 12.6 Å². The molecule has 0 radical (unpaired) electrons. The molecule has 1 aromatic rings. The molecule has 1 aromatic carbocycles. The molecule has 1 atom stereocenters. The lowest BCUT2D eigenvalue weighted by molar-refractivity contribution is 0.196. The first-order chi connectivity index (χ1) is 8.67. The highest BCUT2D eigenvalue weighted by molar-refractivity contribution is 5.27. The van der Waals surface area contributed by atoms with Gasteiger partial charge in [0.15, 0.2) is 0 Å². The van der Waals surface area contributed by atoms with Crippen molar-refractivity contribution in [2.45, 2.75) is 32.7 Å². The summed E-state index contributed by atoms with van der Waals surface area (Å²) in [6.07, 6.45) is 2.10. The fraction of sp³-hybridized carbons (Fsp3) is 0.600. The van der Waals surface area contributed by atoms with E-state index in [1.54, 1.807) is 0 Å². The molecule has 0 spiro atoms. The first-order valence-corrected chi connectivity index (χ1v) is 6.79. The molecule has 18 heavy (non-hydrogen) atoms. The van der Waals surface area contributed by atoms with E-state index in [4.69, 9.17) is 10.5 Å². The molecule has 102 valence electrons. The van der Waals surface area contributed by atoms with Gasteiger partial charge in [-0.1, -0.05) is 19.1 Å². The predicted molar refractivity (Wildman–Crippen MR) is 77.1 cm³/mol. The highest BCUT2D eigenvalue weighted by Crippen LogP contribution is 2.12. The van der Waals surface area contributed by atoms with E-state index in [1.165, 1.54) is 12.0 Å². The zero-order valence-corrected chi connectivity index (χ0v) is 11.9. The Morgan fingerprint density at radius 1 is 1.28 bits per heavy atom. The number of likely N-dealkylation sites (N-methyl/N-ethyl adjacent to an activating group) is 1. The molecule has 0 amide bonds. The molecule has 0 aliphatic rings. The number of benzene rings is 1. The third-order valence-corrected chi connectivity index (χ3v) is 3.41. The van der Waals surface area contributed by atoms with Crippen molar-refractivity contribution >= 4 is 0 Å². The third-order valence-electron chi connectivity index (χ3n) is 3.41. The van der Waals surface area contributed by atoms with Crippen LogP contribution in [0.15, 0.2) is 24.3 Å². The van der Waals surface area contributed by atoms with Gasteiger partial charge in [-0.3, -0.25) is 0 Å². The van der Waals surface area contributed by atoms with Crippen molar-refractivity contribution in [2.24, 2.45) is 5.73 Å². The Balaban J connectivity index is 2.31. The largest absolute Gasteiger partial charge is 0.492 e. The lowest BCUT2D eigenvalue weighted by atomic mass is 10.1. The monoisotopic (exact) mass is 250 g/mol. The lowest BCUT2D eigenvalue weighted by Gasteiger charge is -2.23. The van der Waals surface area contributed by atoms with Crippen molar-refractivity contribution in [3.63, 3.8) is 0 Å². The molecule has 0 aliphatic carbocycles. The summed E-state index contributed by atoms with van der Waals surface area (Å²) in [7, 11) is 2.14. The van der Waals surface area contributed by atoms with Crippen LogP contribution in [-0.2, 0) is 6.42 Å². The topological polar surface area (TPSA) is 38.5 Å². The number of nitrogens with two attached hydrogens (primary N) is 1. The number of hydrogen-bond donors (Lipinski definition) is 1. The van der Waals surface area contributed by atoms with Crippen LogP contribution >= 0.6 is 0 Å². The van der Waals surface area contributed by atoms with Gasteiger partial charge in [0.25, 0.3) is 0 Å². The first kappa shape index (κ1) is 15.0. The van der Waals surface area contributed by atoms with Crippen LogP contribution < -0.4 is 10.5 Å². The minimum atomic E-state index is 0.612. The van der Waals surface area contributed by atoms with Crippen LogP contribution in [0.3, 0.4) is 0 Å². The van der Waals surface area contributed by atoms with Crippen molar-refractivity contribution < 1.29 is 4.74 Å². The van der Waals surface area contributed by atoms with E-state index in [2.05, 4.69) is 37.9 Å². The van der Waals surface area contributed by atoms with E-state index in [-0.39, 0.29) is 0 Å². The maximum atomic E-state index is 5.73. The second kappa shape index (κ2) is 8.11. The molecule has 3 nitrogen and oxygen atoms in total. The van der Waals surface area contributed by atoms with Gasteiger partial charge in [-0.05, 0) is 51.1 Å². The Bertz CT molecular complexity index is 324. The molecule has 0 fully saturated rings. The van der Waals surface area contributed by atoms with Gasteiger partial charge >= 0.3 is 0 Å². The quantitative estimate of drug-likeness (QED) is 0.769. The second-order valence-corrected chi connectivity index (χ2v) is 4.77. The van der Waals surface area contributed by atoms with E-state index < -0.39 is 0 Å². The second-order valence-electron chi connectivity index (χ2n) is 4.77. The van der Waals surface area contributed by atoms with Crippen molar-refractivity contribution in [1.29, 1.82) is 0 Å². The van der Waals surface area contributed by atoms with Crippen molar-refractivity contribution in [3.05, 3.63) is 29.8 Å². The number of hydrogen-bond acceptors (Lipinski definition) is 3. The van der Waals surface area contributed by atoms with E-state index in [0.717, 1.165) is 25.3 Å². The smallest absolute Gasteiger partial charge is 0.119 e. The molecule has 2 N–H and O–H groups in total. The van der Waals surface area contributed by atoms with Crippen molar-refractivity contribution in [3.8, 4) is 5.75 Å². The normalized spacial score (nSPS) is 12.7. The van der Waals surface area contributed by atoms with Crippen LogP contribution in [0.25, 0.3) is 0 Å². The van der Waals surface area contributed by atoms with Crippen molar-refractivity contribution in [1.82, 2.24) is 4.90 Å². The van der Waals surface area contributed by atoms with Gasteiger partial charge in [-0.25, -0.2) is 0 Å². The maximum absolute atomic E-state index is 5.73. The standard InChI is InChI=1S/C15H26N2O/c1-4-13(2)17(3)11-12-18-15-7-5-14(6-8-15)9-10-16/h5-8,13H,4,9-12,16H2,1-3H3. The van der Waals surface area contributed by atoms with E-state index in [1.807, 2.05) is 12.1 Å². The summed E-state index contributed by atoms with van der Waals surface area (Å²) in [6, 6.07) is 8.82. The molecule has 1 unspecified atom stereocenters. The fourth-order valence-corrected chi connectivity index (χ4v) is 1.76. The summed E-state index contributed by atoms with van der Waals surface area (Å²) in [6.45, 7) is 6.83. The van der Waals surface area contributed by atoms with E-state index in [9.17, 15) is 0 Å². The van der Waals surface area contributed by atoms with E-state index in [0.29, 0.717) is 12.6 Å². The summed E-state index contributed by atoms with van der Waals surface area (Å²) in [4.78, 5) is 2.32. The number of rotatable bonds is 8. The Hall–Kier alpha value is -1.06. The van der Waals surface area contributed by atoms with Crippen LogP contribution in [0.4, 0.5) is 0 Å². The van der Waals surface area contributed by atoms with Gasteiger partial charge in [0.1, 0.15) is 12.4 Å². The van der Waals surface area contributed by atoms with Gasteiger partial charge in [0.2, 0.25) is 0 Å². The molecule has 0 bridgehead atoms. The highest BCUT2D eigenvalue weighted by Gasteiger charge is 2.06. The molecule has 0 saturated carbocycles. The van der Waals surface area contributed by atoms with Crippen molar-refractivity contribution in [2.75, 3.05) is 26.7 Å². The summed E-state index contributed by atoms with van der Waals surface area (Å²) in [5.41, 5.74) is 6.78. The lowest BCUT2D eigenvalue weighted by Crippen LogP contribution is -2.32. The minimum absolute atomic E-state index is 0.612. The minimum Gasteiger partial charge on any atom is -0.492 e. The third kappa shape index (κ3) is 5.07. The van der Waals surface area contributed by atoms with E-state index >= 15 is 0 Å². The summed E-state index contributed by atoms with van der Waals surface area (Å²) >= 11 is 0. The zero-order chi connectivity index (χ0) is 13.4.